The lowest BCUT2D eigenvalue weighted by Crippen LogP contribution is -2.52. The number of anilines is 1. The first-order valence-electron chi connectivity index (χ1n) is 11.1. The number of nitrogens with zero attached hydrogens (tertiary/aromatic N) is 6. The Bertz CT molecular complexity index is 589. The van der Waals surface area contributed by atoms with E-state index in [9.17, 15) is 0 Å². The molecule has 1 N–H and O–H groups in total. The number of rotatable bonds is 8. The molecule has 2 aliphatic heterocycles. The zero-order chi connectivity index (χ0) is 19.6. The fourth-order valence-electron chi connectivity index (χ4n) is 3.98. The number of guanidine groups is 1. The van der Waals surface area contributed by atoms with Gasteiger partial charge in [-0.1, -0.05) is 19.8 Å². The molecule has 2 fully saturated rings. The van der Waals surface area contributed by atoms with Crippen LogP contribution in [0.4, 0.5) is 5.13 Å². The molecule has 7 nitrogen and oxygen atoms in total. The lowest BCUT2D eigenvalue weighted by atomic mass is 10.1. The lowest BCUT2D eigenvalue weighted by molar-refractivity contribution is 0.224. The number of aryl methyl sites for hydroxylation is 1. The van der Waals surface area contributed by atoms with Gasteiger partial charge in [0.2, 0.25) is 5.13 Å². The van der Waals surface area contributed by atoms with Crippen LogP contribution in [0.3, 0.4) is 0 Å². The average molecular weight is 408 g/mol. The van der Waals surface area contributed by atoms with Gasteiger partial charge in [-0.2, -0.15) is 4.37 Å². The topological polar surface area (TPSA) is 59.9 Å². The Morgan fingerprint density at radius 2 is 1.82 bits per heavy atom. The van der Waals surface area contributed by atoms with Gasteiger partial charge >= 0.3 is 0 Å². The van der Waals surface area contributed by atoms with Gasteiger partial charge in [-0.05, 0) is 45.3 Å². The minimum atomic E-state index is 0.908. The number of hydrogen-bond acceptors (Lipinski definition) is 6. The number of piperazine rings is 1. The van der Waals surface area contributed by atoms with E-state index in [4.69, 9.17) is 0 Å². The van der Waals surface area contributed by atoms with Crippen LogP contribution < -0.4 is 10.2 Å². The Morgan fingerprint density at radius 3 is 2.50 bits per heavy atom. The molecule has 28 heavy (non-hydrogen) atoms. The summed E-state index contributed by atoms with van der Waals surface area (Å²) >= 11 is 1.52. The third kappa shape index (κ3) is 6.30. The van der Waals surface area contributed by atoms with Gasteiger partial charge in [0.1, 0.15) is 5.82 Å². The highest BCUT2D eigenvalue weighted by Gasteiger charge is 2.21. The number of hydrogen-bond donors (Lipinski definition) is 1. The quantitative estimate of drug-likeness (QED) is 0.406. The lowest BCUT2D eigenvalue weighted by Gasteiger charge is -2.36. The molecular weight excluding hydrogens is 370 g/mol. The standard InChI is InChI=1S/C20H37N7S/c1-3-18-23-20(28-24-18)27-16-14-26(15-17-27)19(21-2)22-10-6-4-7-11-25-12-8-5-9-13-25/h3-17H2,1-2H3,(H,21,22). The van der Waals surface area contributed by atoms with Crippen LogP contribution in [0.15, 0.2) is 4.99 Å². The number of nitrogens with one attached hydrogen (secondary N) is 1. The molecule has 2 aliphatic rings. The third-order valence-corrected chi connectivity index (χ3v) is 6.53. The van der Waals surface area contributed by atoms with Gasteiger partial charge in [0, 0.05) is 57.7 Å². The molecule has 3 heterocycles. The molecule has 0 amide bonds. The Kier molecular flexibility index (Phi) is 8.79. The molecule has 0 radical (unpaired) electrons. The number of aliphatic imine (C=N–C) groups is 1. The van der Waals surface area contributed by atoms with Crippen molar-refractivity contribution in [3.05, 3.63) is 5.82 Å². The van der Waals surface area contributed by atoms with Crippen LogP contribution in [-0.4, -0.2) is 84.5 Å². The predicted molar refractivity (Wildman–Crippen MR) is 119 cm³/mol. The van der Waals surface area contributed by atoms with Crippen LogP contribution in [0.25, 0.3) is 0 Å². The van der Waals surface area contributed by atoms with Crippen molar-refractivity contribution in [1.82, 2.24) is 24.5 Å². The van der Waals surface area contributed by atoms with E-state index in [0.29, 0.717) is 0 Å². The summed E-state index contributed by atoms with van der Waals surface area (Å²) < 4.78 is 4.41. The largest absolute Gasteiger partial charge is 0.356 e. The van der Waals surface area contributed by atoms with Gasteiger partial charge in [0.05, 0.1) is 0 Å². The smallest absolute Gasteiger partial charge is 0.205 e. The Hall–Kier alpha value is -1.41. The van der Waals surface area contributed by atoms with Gasteiger partial charge in [-0.15, -0.1) is 0 Å². The molecule has 0 saturated carbocycles. The molecule has 158 valence electrons. The maximum absolute atomic E-state index is 4.62. The van der Waals surface area contributed by atoms with E-state index in [-0.39, 0.29) is 0 Å². The second kappa shape index (κ2) is 11.6. The van der Waals surface area contributed by atoms with Crippen LogP contribution >= 0.6 is 11.5 Å². The minimum Gasteiger partial charge on any atom is -0.356 e. The number of piperidine rings is 1. The second-order valence-electron chi connectivity index (χ2n) is 7.76. The maximum atomic E-state index is 4.62. The van der Waals surface area contributed by atoms with E-state index in [2.05, 4.69) is 41.3 Å². The first-order chi connectivity index (χ1) is 13.8. The molecule has 3 rings (SSSR count). The average Bonchev–Trinajstić information content (AvgIpc) is 3.24. The van der Waals surface area contributed by atoms with Crippen LogP contribution in [0.2, 0.25) is 0 Å². The molecule has 0 aromatic carbocycles. The van der Waals surface area contributed by atoms with Gasteiger partial charge in [0.15, 0.2) is 5.96 Å². The normalized spacial score (nSPS) is 19.3. The Labute approximate surface area is 174 Å². The molecule has 1 aromatic rings. The summed E-state index contributed by atoms with van der Waals surface area (Å²) in [4.78, 5) is 16.5. The van der Waals surface area contributed by atoms with Crippen LogP contribution in [0.5, 0.6) is 0 Å². The van der Waals surface area contributed by atoms with Gasteiger partial charge in [0.25, 0.3) is 0 Å². The summed E-state index contributed by atoms with van der Waals surface area (Å²) in [5.41, 5.74) is 0. The van der Waals surface area contributed by atoms with Crippen LogP contribution in [0.1, 0.15) is 51.3 Å². The van der Waals surface area contributed by atoms with Crippen molar-refractivity contribution < 1.29 is 0 Å². The Morgan fingerprint density at radius 1 is 1.04 bits per heavy atom. The molecule has 0 unspecified atom stereocenters. The minimum absolute atomic E-state index is 0.908. The van der Waals surface area contributed by atoms with Gasteiger partial charge < -0.3 is 20.0 Å². The summed E-state index contributed by atoms with van der Waals surface area (Å²) in [6, 6.07) is 0. The first kappa shape index (κ1) is 21.3. The van der Waals surface area contributed by atoms with Crippen molar-refractivity contribution in [1.29, 1.82) is 0 Å². The van der Waals surface area contributed by atoms with Crippen LogP contribution in [-0.2, 0) is 6.42 Å². The molecule has 1 aromatic heterocycles. The summed E-state index contributed by atoms with van der Waals surface area (Å²) in [6.07, 6.45) is 8.95. The zero-order valence-corrected chi connectivity index (χ0v) is 18.5. The summed E-state index contributed by atoms with van der Waals surface area (Å²) in [5, 5.41) is 4.63. The molecular formula is C20H37N7S. The fraction of sp³-hybridized carbons (Fsp3) is 0.850. The highest BCUT2D eigenvalue weighted by molar-refractivity contribution is 7.09. The highest BCUT2D eigenvalue weighted by Crippen LogP contribution is 2.19. The summed E-state index contributed by atoms with van der Waals surface area (Å²) in [5.74, 6) is 2.00. The highest BCUT2D eigenvalue weighted by atomic mass is 32.1. The Balaban J connectivity index is 1.30. The van der Waals surface area contributed by atoms with E-state index < -0.39 is 0 Å². The van der Waals surface area contributed by atoms with Crippen molar-refractivity contribution in [2.75, 3.05) is 64.3 Å². The van der Waals surface area contributed by atoms with Gasteiger partial charge in [-0.3, -0.25) is 4.99 Å². The summed E-state index contributed by atoms with van der Waals surface area (Å²) in [6.45, 7) is 11.0. The van der Waals surface area contributed by atoms with E-state index >= 15 is 0 Å². The second-order valence-corrected chi connectivity index (χ2v) is 8.49. The predicted octanol–water partition coefficient (Wildman–Crippen LogP) is 2.45. The molecule has 8 heteroatoms. The molecule has 0 atom stereocenters. The van der Waals surface area contributed by atoms with E-state index in [1.807, 2.05) is 7.05 Å². The van der Waals surface area contributed by atoms with Gasteiger partial charge in [-0.25, -0.2) is 4.98 Å². The van der Waals surface area contributed by atoms with E-state index in [1.165, 1.54) is 69.7 Å². The first-order valence-corrected chi connectivity index (χ1v) is 11.8. The van der Waals surface area contributed by atoms with Crippen molar-refractivity contribution in [2.24, 2.45) is 4.99 Å². The fourth-order valence-corrected chi connectivity index (χ4v) is 4.78. The van der Waals surface area contributed by atoms with Crippen molar-refractivity contribution in [3.8, 4) is 0 Å². The summed E-state index contributed by atoms with van der Waals surface area (Å²) in [7, 11) is 1.89. The van der Waals surface area contributed by atoms with Crippen LogP contribution in [0, 0.1) is 0 Å². The number of aromatic nitrogens is 2. The molecule has 0 aliphatic carbocycles. The molecule has 0 spiro atoms. The molecule has 2 saturated heterocycles. The maximum Gasteiger partial charge on any atom is 0.205 e. The van der Waals surface area contributed by atoms with Crippen molar-refractivity contribution in [2.45, 2.75) is 51.9 Å². The third-order valence-electron chi connectivity index (χ3n) is 5.72. The zero-order valence-electron chi connectivity index (χ0n) is 17.7. The number of unbranched alkanes of at least 4 members (excludes halogenated alkanes) is 2. The SMILES string of the molecule is CCc1nsc(N2CCN(C(=NC)NCCCCCN3CCCCC3)CC2)n1. The number of likely N-dealkylation sites (tertiary alicyclic amines) is 1. The molecule has 0 bridgehead atoms. The van der Waals surface area contributed by atoms with E-state index in [1.54, 1.807) is 0 Å². The van der Waals surface area contributed by atoms with Crippen molar-refractivity contribution >= 4 is 22.6 Å². The monoisotopic (exact) mass is 407 g/mol. The van der Waals surface area contributed by atoms with Crippen molar-refractivity contribution in [3.63, 3.8) is 0 Å². The van der Waals surface area contributed by atoms with E-state index in [0.717, 1.165) is 56.1 Å².